The Kier molecular flexibility index (Phi) is 1.26. The summed E-state index contributed by atoms with van der Waals surface area (Å²) in [6.45, 7) is 5.11. The highest BCUT2D eigenvalue weighted by molar-refractivity contribution is 4.91. The molecule has 0 atom stereocenters. The van der Waals surface area contributed by atoms with Crippen LogP contribution in [0.1, 0.15) is 26.2 Å². The second-order valence-electron chi connectivity index (χ2n) is 3.46. The van der Waals surface area contributed by atoms with E-state index in [1.807, 2.05) is 0 Å². The van der Waals surface area contributed by atoms with Gasteiger partial charge in [-0.3, -0.25) is 4.90 Å². The molecular formula is C8H15N. The minimum atomic E-state index is 1.02. The van der Waals surface area contributed by atoms with Crippen LogP contribution >= 0.6 is 0 Å². The highest BCUT2D eigenvalue weighted by Gasteiger charge is 2.36. The summed E-state index contributed by atoms with van der Waals surface area (Å²) in [4.78, 5) is 2.63. The lowest BCUT2D eigenvalue weighted by atomic mass is 9.97. The molecule has 1 aliphatic carbocycles. The van der Waals surface area contributed by atoms with Crippen molar-refractivity contribution in [1.82, 2.24) is 4.90 Å². The van der Waals surface area contributed by atoms with Gasteiger partial charge in [0.1, 0.15) is 0 Å². The second kappa shape index (κ2) is 1.98. The van der Waals surface area contributed by atoms with Gasteiger partial charge in [0.05, 0.1) is 0 Å². The van der Waals surface area contributed by atoms with Crippen molar-refractivity contribution in [1.29, 1.82) is 0 Å². The molecule has 0 aromatic heterocycles. The van der Waals surface area contributed by atoms with Crippen molar-refractivity contribution in [3.8, 4) is 0 Å². The Hall–Kier alpha value is -0.0400. The zero-order valence-electron chi connectivity index (χ0n) is 6.14. The third-order valence-electron chi connectivity index (χ3n) is 2.63. The number of rotatable bonds is 2. The van der Waals surface area contributed by atoms with Gasteiger partial charge in [-0.1, -0.05) is 13.3 Å². The van der Waals surface area contributed by atoms with Gasteiger partial charge in [-0.2, -0.15) is 0 Å². The highest BCUT2D eigenvalue weighted by Crippen LogP contribution is 2.33. The molecular weight excluding hydrogens is 110 g/mol. The summed E-state index contributed by atoms with van der Waals surface area (Å²) in [6, 6.07) is 1.02. The SMILES string of the molecule is CCC1CN(C2CC2)C1. The Morgan fingerprint density at radius 2 is 2.00 bits per heavy atom. The van der Waals surface area contributed by atoms with Crippen molar-refractivity contribution in [3.05, 3.63) is 0 Å². The quantitative estimate of drug-likeness (QED) is 0.540. The molecule has 0 unspecified atom stereocenters. The summed E-state index contributed by atoms with van der Waals surface area (Å²) in [5, 5.41) is 0. The van der Waals surface area contributed by atoms with Crippen LogP contribution in [0.3, 0.4) is 0 Å². The molecule has 1 saturated carbocycles. The molecule has 0 amide bonds. The average molecular weight is 125 g/mol. The van der Waals surface area contributed by atoms with E-state index in [-0.39, 0.29) is 0 Å². The van der Waals surface area contributed by atoms with Gasteiger partial charge >= 0.3 is 0 Å². The Balaban J connectivity index is 1.71. The van der Waals surface area contributed by atoms with E-state index < -0.39 is 0 Å². The van der Waals surface area contributed by atoms with Crippen molar-refractivity contribution in [2.45, 2.75) is 32.2 Å². The van der Waals surface area contributed by atoms with Crippen molar-refractivity contribution in [2.24, 2.45) is 5.92 Å². The molecule has 52 valence electrons. The molecule has 2 rings (SSSR count). The third-order valence-corrected chi connectivity index (χ3v) is 2.63. The lowest BCUT2D eigenvalue weighted by molar-refractivity contribution is 0.0893. The summed E-state index contributed by atoms with van der Waals surface area (Å²) in [5.74, 6) is 1.05. The van der Waals surface area contributed by atoms with Crippen molar-refractivity contribution >= 4 is 0 Å². The number of hydrogen-bond donors (Lipinski definition) is 0. The van der Waals surface area contributed by atoms with Crippen LogP contribution in [-0.2, 0) is 0 Å². The smallest absolute Gasteiger partial charge is 0.00966 e. The lowest BCUT2D eigenvalue weighted by Crippen LogP contribution is -2.47. The molecule has 1 heterocycles. The van der Waals surface area contributed by atoms with Gasteiger partial charge in [-0.15, -0.1) is 0 Å². The highest BCUT2D eigenvalue weighted by atomic mass is 15.2. The van der Waals surface area contributed by atoms with Gasteiger partial charge in [0.2, 0.25) is 0 Å². The molecule has 2 fully saturated rings. The number of nitrogens with zero attached hydrogens (tertiary/aromatic N) is 1. The van der Waals surface area contributed by atoms with E-state index in [1.165, 1.54) is 32.4 Å². The largest absolute Gasteiger partial charge is 0.300 e. The maximum Gasteiger partial charge on any atom is 0.00966 e. The Bertz CT molecular complexity index is 101. The molecule has 0 radical (unpaired) electrons. The fraction of sp³-hybridized carbons (Fsp3) is 1.00. The molecule has 0 bridgehead atoms. The van der Waals surface area contributed by atoms with Crippen LogP contribution in [0, 0.1) is 5.92 Å². The normalized spacial score (nSPS) is 30.3. The third kappa shape index (κ3) is 0.983. The first-order valence-corrected chi connectivity index (χ1v) is 4.14. The predicted octanol–water partition coefficient (Wildman–Crippen LogP) is 1.49. The van der Waals surface area contributed by atoms with E-state index in [1.54, 1.807) is 0 Å². The van der Waals surface area contributed by atoms with Crippen LogP contribution in [-0.4, -0.2) is 24.0 Å². The zero-order valence-corrected chi connectivity index (χ0v) is 6.14. The zero-order chi connectivity index (χ0) is 6.27. The van der Waals surface area contributed by atoms with Crippen molar-refractivity contribution in [3.63, 3.8) is 0 Å². The summed E-state index contributed by atoms with van der Waals surface area (Å²) in [5.41, 5.74) is 0. The van der Waals surface area contributed by atoms with Crippen LogP contribution in [0.15, 0.2) is 0 Å². The predicted molar refractivity (Wildman–Crippen MR) is 38.4 cm³/mol. The molecule has 1 nitrogen and oxygen atoms in total. The summed E-state index contributed by atoms with van der Waals surface area (Å²) in [6.07, 6.45) is 4.36. The average Bonchev–Trinajstić information content (AvgIpc) is 2.46. The molecule has 1 aliphatic heterocycles. The molecule has 0 aromatic carbocycles. The van der Waals surface area contributed by atoms with Crippen molar-refractivity contribution < 1.29 is 0 Å². The number of hydrogen-bond acceptors (Lipinski definition) is 1. The lowest BCUT2D eigenvalue weighted by Gasteiger charge is -2.39. The van der Waals surface area contributed by atoms with E-state index in [2.05, 4.69) is 11.8 Å². The first kappa shape index (κ1) is 5.72. The molecule has 0 spiro atoms. The van der Waals surface area contributed by atoms with Gasteiger partial charge in [-0.25, -0.2) is 0 Å². The standard InChI is InChI=1S/C8H15N/c1-2-7-5-9(6-7)8-3-4-8/h7-8H,2-6H2,1H3. The van der Waals surface area contributed by atoms with Crippen LogP contribution in [0.4, 0.5) is 0 Å². The van der Waals surface area contributed by atoms with Crippen LogP contribution in [0.5, 0.6) is 0 Å². The van der Waals surface area contributed by atoms with E-state index in [0.717, 1.165) is 12.0 Å². The van der Waals surface area contributed by atoms with Crippen LogP contribution in [0.25, 0.3) is 0 Å². The monoisotopic (exact) mass is 125 g/mol. The molecule has 0 aromatic rings. The van der Waals surface area contributed by atoms with Gasteiger partial charge in [0.25, 0.3) is 0 Å². The molecule has 0 N–H and O–H groups in total. The van der Waals surface area contributed by atoms with E-state index in [9.17, 15) is 0 Å². The number of likely N-dealkylation sites (tertiary alicyclic amines) is 1. The maximum atomic E-state index is 2.63. The summed E-state index contributed by atoms with van der Waals surface area (Å²) in [7, 11) is 0. The summed E-state index contributed by atoms with van der Waals surface area (Å²) < 4.78 is 0. The van der Waals surface area contributed by atoms with Gasteiger partial charge in [-0.05, 0) is 18.8 Å². The van der Waals surface area contributed by atoms with Gasteiger partial charge < -0.3 is 0 Å². The fourth-order valence-corrected chi connectivity index (χ4v) is 1.61. The Labute approximate surface area is 57.0 Å². The van der Waals surface area contributed by atoms with E-state index >= 15 is 0 Å². The topological polar surface area (TPSA) is 3.24 Å². The first-order chi connectivity index (χ1) is 4.40. The van der Waals surface area contributed by atoms with Gasteiger partial charge in [0, 0.05) is 19.1 Å². The van der Waals surface area contributed by atoms with Crippen LogP contribution < -0.4 is 0 Å². The van der Waals surface area contributed by atoms with Crippen LogP contribution in [0.2, 0.25) is 0 Å². The first-order valence-electron chi connectivity index (χ1n) is 4.14. The minimum Gasteiger partial charge on any atom is -0.300 e. The van der Waals surface area contributed by atoms with Gasteiger partial charge in [0.15, 0.2) is 0 Å². The fourth-order valence-electron chi connectivity index (χ4n) is 1.61. The van der Waals surface area contributed by atoms with E-state index in [4.69, 9.17) is 0 Å². The summed E-state index contributed by atoms with van der Waals surface area (Å²) >= 11 is 0. The second-order valence-corrected chi connectivity index (χ2v) is 3.46. The minimum absolute atomic E-state index is 1.02. The van der Waals surface area contributed by atoms with E-state index in [0.29, 0.717) is 0 Å². The molecule has 1 heteroatoms. The molecule has 9 heavy (non-hydrogen) atoms. The van der Waals surface area contributed by atoms with Crippen molar-refractivity contribution in [2.75, 3.05) is 13.1 Å². The molecule has 2 aliphatic rings. The Morgan fingerprint density at radius 1 is 1.33 bits per heavy atom. The Morgan fingerprint density at radius 3 is 2.44 bits per heavy atom. The molecule has 1 saturated heterocycles. The maximum absolute atomic E-state index is 2.63.